The van der Waals surface area contributed by atoms with E-state index in [1.165, 1.54) is 0 Å². The molecule has 150 valence electrons. The predicted octanol–water partition coefficient (Wildman–Crippen LogP) is 5.17. The SMILES string of the molecule is CC(=O)N1c2ccccc2[C@]2(C(=O)c3ccc(Cl)cc3)[C@@H](c3ccccn3)C[C@]12C. The van der Waals surface area contributed by atoms with Crippen molar-refractivity contribution in [1.82, 2.24) is 4.98 Å². The average Bonchev–Trinajstić information content (AvgIpc) is 2.91. The number of carbonyl (C=O) groups is 2. The van der Waals surface area contributed by atoms with Crippen molar-refractivity contribution in [3.8, 4) is 0 Å². The molecule has 5 rings (SSSR count). The van der Waals surface area contributed by atoms with Crippen LogP contribution in [0.2, 0.25) is 5.02 Å². The van der Waals surface area contributed by atoms with Gasteiger partial charge in [-0.3, -0.25) is 14.6 Å². The summed E-state index contributed by atoms with van der Waals surface area (Å²) in [7, 11) is 0. The van der Waals surface area contributed by atoms with E-state index in [4.69, 9.17) is 11.6 Å². The second-order valence-electron chi connectivity index (χ2n) is 8.30. The Hall–Kier alpha value is -2.98. The number of amides is 1. The number of para-hydroxylation sites is 1. The molecule has 5 heteroatoms. The number of fused-ring (bicyclic) bond motifs is 3. The fourth-order valence-electron chi connectivity index (χ4n) is 5.75. The first-order chi connectivity index (χ1) is 14.4. The fourth-order valence-corrected chi connectivity index (χ4v) is 5.87. The normalized spacial score (nSPS) is 26.5. The maximum Gasteiger partial charge on any atom is 0.224 e. The maximum atomic E-state index is 14.3. The van der Waals surface area contributed by atoms with Crippen molar-refractivity contribution in [1.29, 1.82) is 0 Å². The summed E-state index contributed by atoms with van der Waals surface area (Å²) in [6, 6.07) is 20.6. The molecule has 1 amide bonds. The second kappa shape index (κ2) is 6.51. The lowest BCUT2D eigenvalue weighted by Crippen LogP contribution is -2.71. The van der Waals surface area contributed by atoms with E-state index in [9.17, 15) is 9.59 Å². The predicted molar refractivity (Wildman–Crippen MR) is 117 cm³/mol. The summed E-state index contributed by atoms with van der Waals surface area (Å²) in [6.45, 7) is 3.60. The van der Waals surface area contributed by atoms with E-state index < -0.39 is 11.0 Å². The number of benzene rings is 2. The van der Waals surface area contributed by atoms with Crippen LogP contribution in [-0.2, 0) is 10.2 Å². The average molecular weight is 417 g/mol. The minimum absolute atomic E-state index is 0.000213. The largest absolute Gasteiger partial charge is 0.305 e. The van der Waals surface area contributed by atoms with Crippen LogP contribution in [0.1, 0.15) is 47.8 Å². The van der Waals surface area contributed by atoms with Crippen LogP contribution in [-0.4, -0.2) is 22.2 Å². The third-order valence-corrected chi connectivity index (χ3v) is 7.11. The minimum Gasteiger partial charge on any atom is -0.305 e. The van der Waals surface area contributed by atoms with E-state index in [1.54, 1.807) is 37.4 Å². The first-order valence-corrected chi connectivity index (χ1v) is 10.4. The van der Waals surface area contributed by atoms with E-state index >= 15 is 0 Å². The van der Waals surface area contributed by atoms with Crippen LogP contribution in [0.3, 0.4) is 0 Å². The lowest BCUT2D eigenvalue weighted by molar-refractivity contribution is -0.118. The summed E-state index contributed by atoms with van der Waals surface area (Å²) in [4.78, 5) is 33.4. The second-order valence-corrected chi connectivity index (χ2v) is 8.74. The van der Waals surface area contributed by atoms with Crippen molar-refractivity contribution in [2.45, 2.75) is 37.1 Å². The Morgan fingerprint density at radius 3 is 2.40 bits per heavy atom. The number of carbonyl (C=O) groups excluding carboxylic acids is 2. The molecular formula is C25H21ClN2O2. The molecule has 2 heterocycles. The summed E-state index contributed by atoms with van der Waals surface area (Å²) in [5.74, 6) is -0.188. The number of hydrogen-bond donors (Lipinski definition) is 0. The summed E-state index contributed by atoms with van der Waals surface area (Å²) >= 11 is 6.08. The number of Topliss-reactive ketones (excluding diaryl/α,β-unsaturated/α-hetero) is 1. The molecule has 1 saturated carbocycles. The van der Waals surface area contributed by atoms with Crippen LogP contribution in [0.25, 0.3) is 0 Å². The highest BCUT2D eigenvalue weighted by atomic mass is 35.5. The maximum absolute atomic E-state index is 14.3. The van der Waals surface area contributed by atoms with Gasteiger partial charge < -0.3 is 4.90 Å². The summed E-state index contributed by atoms with van der Waals surface area (Å²) in [6.07, 6.45) is 2.42. The van der Waals surface area contributed by atoms with E-state index in [0.29, 0.717) is 17.0 Å². The van der Waals surface area contributed by atoms with Crippen LogP contribution in [0.15, 0.2) is 72.9 Å². The number of aromatic nitrogens is 1. The summed E-state index contributed by atoms with van der Waals surface area (Å²) in [5, 5.41) is 0.582. The molecule has 1 aromatic heterocycles. The van der Waals surface area contributed by atoms with Gasteiger partial charge in [0.2, 0.25) is 5.91 Å². The van der Waals surface area contributed by atoms with E-state index in [-0.39, 0.29) is 17.6 Å². The quantitative estimate of drug-likeness (QED) is 0.553. The molecule has 3 aromatic rings. The van der Waals surface area contributed by atoms with Gasteiger partial charge in [-0.2, -0.15) is 0 Å². The molecule has 2 aliphatic rings. The molecule has 0 bridgehead atoms. The lowest BCUT2D eigenvalue weighted by atomic mass is 9.44. The van der Waals surface area contributed by atoms with Gasteiger partial charge in [-0.1, -0.05) is 35.9 Å². The highest BCUT2D eigenvalue weighted by Gasteiger charge is 2.75. The topological polar surface area (TPSA) is 50.3 Å². The molecule has 4 nitrogen and oxygen atoms in total. The standard InChI is InChI=1S/C25H21ClN2O2/c1-16(29)28-22-9-4-3-7-19(22)25(23(30)17-10-12-18(26)13-11-17)20(15-24(25,28)2)21-8-5-6-14-27-21/h3-14,20H,15H2,1-2H3/t20-,24+,25-/m1/s1. The summed E-state index contributed by atoms with van der Waals surface area (Å²) in [5.41, 5.74) is 1.60. The van der Waals surface area contributed by atoms with Crippen LogP contribution >= 0.6 is 11.6 Å². The molecule has 0 unspecified atom stereocenters. The minimum atomic E-state index is -0.905. The third-order valence-electron chi connectivity index (χ3n) is 6.86. The van der Waals surface area contributed by atoms with Gasteiger partial charge in [0, 0.05) is 41.0 Å². The zero-order chi connectivity index (χ0) is 21.1. The third kappa shape index (κ3) is 2.25. The van der Waals surface area contributed by atoms with Gasteiger partial charge in [-0.15, -0.1) is 0 Å². The van der Waals surface area contributed by atoms with E-state index in [2.05, 4.69) is 4.98 Å². The Balaban J connectivity index is 1.79. The first kappa shape index (κ1) is 19.0. The van der Waals surface area contributed by atoms with Gasteiger partial charge in [0.1, 0.15) is 0 Å². The number of hydrogen-bond acceptors (Lipinski definition) is 3. The van der Waals surface area contributed by atoms with Gasteiger partial charge in [-0.05, 0) is 61.4 Å². The van der Waals surface area contributed by atoms with Crippen molar-refractivity contribution in [3.05, 3.63) is 94.8 Å². The zero-order valence-corrected chi connectivity index (χ0v) is 17.6. The van der Waals surface area contributed by atoms with Crippen molar-refractivity contribution in [2.75, 3.05) is 4.90 Å². The number of nitrogens with zero attached hydrogens (tertiary/aromatic N) is 2. The Morgan fingerprint density at radius 2 is 1.73 bits per heavy atom. The van der Waals surface area contributed by atoms with Crippen LogP contribution in [0.5, 0.6) is 0 Å². The monoisotopic (exact) mass is 416 g/mol. The molecule has 3 atom stereocenters. The smallest absolute Gasteiger partial charge is 0.224 e. The van der Waals surface area contributed by atoms with E-state index in [1.807, 2.05) is 54.3 Å². The van der Waals surface area contributed by atoms with Crippen LogP contribution in [0, 0.1) is 0 Å². The molecule has 0 radical (unpaired) electrons. The van der Waals surface area contributed by atoms with Crippen molar-refractivity contribution >= 4 is 29.0 Å². The van der Waals surface area contributed by atoms with Gasteiger partial charge in [-0.25, -0.2) is 0 Å². The molecule has 1 aliphatic carbocycles. The Bertz CT molecular complexity index is 1160. The molecule has 1 fully saturated rings. The van der Waals surface area contributed by atoms with Crippen molar-refractivity contribution < 1.29 is 9.59 Å². The first-order valence-electron chi connectivity index (χ1n) is 10.0. The highest BCUT2D eigenvalue weighted by molar-refractivity contribution is 6.30. The van der Waals surface area contributed by atoms with Gasteiger partial charge in [0.15, 0.2) is 5.78 Å². The van der Waals surface area contributed by atoms with Crippen molar-refractivity contribution in [2.24, 2.45) is 0 Å². The molecule has 30 heavy (non-hydrogen) atoms. The van der Waals surface area contributed by atoms with Gasteiger partial charge in [0.25, 0.3) is 0 Å². The number of pyridine rings is 1. The van der Waals surface area contributed by atoms with Gasteiger partial charge >= 0.3 is 0 Å². The molecular weight excluding hydrogens is 396 g/mol. The fraction of sp³-hybridized carbons (Fsp3) is 0.240. The number of anilines is 1. The Kier molecular flexibility index (Phi) is 4.13. The number of ketones is 1. The van der Waals surface area contributed by atoms with Crippen LogP contribution < -0.4 is 4.90 Å². The Morgan fingerprint density at radius 1 is 1.03 bits per heavy atom. The summed E-state index contributed by atoms with van der Waals surface area (Å²) < 4.78 is 0. The lowest BCUT2D eigenvalue weighted by Gasteiger charge is -2.60. The molecule has 2 aromatic carbocycles. The number of halogens is 1. The molecule has 0 saturated heterocycles. The van der Waals surface area contributed by atoms with Gasteiger partial charge in [0.05, 0.1) is 11.0 Å². The Labute approximate surface area is 180 Å². The number of rotatable bonds is 3. The molecule has 0 N–H and O–H groups in total. The van der Waals surface area contributed by atoms with E-state index in [0.717, 1.165) is 16.9 Å². The molecule has 1 aliphatic heterocycles. The highest BCUT2D eigenvalue weighted by Crippen LogP contribution is 2.69. The van der Waals surface area contributed by atoms with Crippen molar-refractivity contribution in [3.63, 3.8) is 0 Å². The zero-order valence-electron chi connectivity index (χ0n) is 16.8. The van der Waals surface area contributed by atoms with Crippen LogP contribution in [0.4, 0.5) is 5.69 Å². The molecule has 0 spiro atoms.